The molecule has 1 aliphatic rings. The molecule has 11 heteroatoms. The molecule has 2 aromatic rings. The number of nitrogens with zero attached hydrogens (tertiary/aromatic N) is 4. The maximum atomic E-state index is 12.2. The van der Waals surface area contributed by atoms with Gasteiger partial charge in [-0.25, -0.2) is 9.78 Å². The van der Waals surface area contributed by atoms with Crippen molar-refractivity contribution in [1.82, 2.24) is 14.8 Å². The molecule has 0 bridgehead atoms. The van der Waals surface area contributed by atoms with Crippen molar-refractivity contribution in [1.29, 1.82) is 0 Å². The fraction of sp³-hybridized carbons (Fsp3) is 0.312. The number of benzene rings is 1. The Labute approximate surface area is 158 Å². The molecule has 142 valence electrons. The van der Waals surface area contributed by atoms with Gasteiger partial charge in [0.1, 0.15) is 6.20 Å². The van der Waals surface area contributed by atoms with E-state index in [0.29, 0.717) is 26.2 Å². The molecule has 0 radical (unpaired) electrons. The first kappa shape index (κ1) is 18.7. The Morgan fingerprint density at radius 3 is 2.48 bits per heavy atom. The van der Waals surface area contributed by atoms with Crippen LogP contribution >= 0.6 is 11.3 Å². The first-order valence-corrected chi connectivity index (χ1v) is 9.06. The fourth-order valence-electron chi connectivity index (χ4n) is 2.60. The van der Waals surface area contributed by atoms with Gasteiger partial charge in [0, 0.05) is 31.9 Å². The molecule has 3 amide bonds. The van der Waals surface area contributed by atoms with Gasteiger partial charge >= 0.3 is 11.0 Å². The van der Waals surface area contributed by atoms with Gasteiger partial charge in [-0.1, -0.05) is 18.2 Å². The van der Waals surface area contributed by atoms with Crippen molar-refractivity contribution in [2.24, 2.45) is 0 Å². The predicted molar refractivity (Wildman–Crippen MR) is 101 cm³/mol. The zero-order valence-electron chi connectivity index (χ0n) is 14.3. The molecule has 0 aliphatic carbocycles. The summed E-state index contributed by atoms with van der Waals surface area (Å²) in [6, 6.07) is 9.05. The Hall–Kier alpha value is -3.05. The molecule has 1 fully saturated rings. The van der Waals surface area contributed by atoms with Crippen LogP contribution in [0.1, 0.15) is 0 Å². The smallest absolute Gasteiger partial charge is 0.322 e. The number of amides is 3. The van der Waals surface area contributed by atoms with E-state index in [0.717, 1.165) is 23.2 Å². The van der Waals surface area contributed by atoms with Crippen LogP contribution in [-0.4, -0.2) is 64.4 Å². The van der Waals surface area contributed by atoms with Crippen molar-refractivity contribution < 1.29 is 14.5 Å². The molecule has 0 saturated carbocycles. The Bertz CT molecular complexity index is 819. The minimum Gasteiger partial charge on any atom is -0.322 e. The highest BCUT2D eigenvalue weighted by atomic mass is 32.1. The SMILES string of the molecule is O=C(CN1CCN(C(=O)Nc2ccccc2)CC1)Nc1ncc([N+](=O)[O-])s1. The van der Waals surface area contributed by atoms with Gasteiger partial charge in [-0.3, -0.25) is 19.8 Å². The Morgan fingerprint density at radius 2 is 1.85 bits per heavy atom. The number of carbonyl (C=O) groups is 2. The quantitative estimate of drug-likeness (QED) is 0.594. The number of hydrogen-bond donors (Lipinski definition) is 2. The second-order valence-electron chi connectivity index (χ2n) is 5.87. The number of nitro groups is 1. The van der Waals surface area contributed by atoms with Crippen molar-refractivity contribution in [3.8, 4) is 0 Å². The molecule has 1 saturated heterocycles. The third-order valence-electron chi connectivity index (χ3n) is 3.97. The summed E-state index contributed by atoms with van der Waals surface area (Å²) in [4.78, 5) is 41.8. The molecule has 2 N–H and O–H groups in total. The van der Waals surface area contributed by atoms with Crippen LogP contribution in [0.3, 0.4) is 0 Å². The lowest BCUT2D eigenvalue weighted by molar-refractivity contribution is -0.380. The number of hydrogen-bond acceptors (Lipinski definition) is 7. The standard InChI is InChI=1S/C16H18N6O4S/c23-13(19-15-17-10-14(27-15)22(25)26)11-20-6-8-21(9-7-20)16(24)18-12-4-2-1-3-5-12/h1-5,10H,6-9,11H2,(H,18,24)(H,17,19,23). The van der Waals surface area contributed by atoms with Crippen LogP contribution in [0.25, 0.3) is 0 Å². The molecule has 27 heavy (non-hydrogen) atoms. The highest BCUT2D eigenvalue weighted by Crippen LogP contribution is 2.24. The van der Waals surface area contributed by atoms with Crippen molar-refractivity contribution in [3.05, 3.63) is 46.6 Å². The van der Waals surface area contributed by atoms with E-state index in [9.17, 15) is 19.7 Å². The normalized spacial score (nSPS) is 14.6. The lowest BCUT2D eigenvalue weighted by Gasteiger charge is -2.34. The van der Waals surface area contributed by atoms with Gasteiger partial charge in [0.2, 0.25) is 5.91 Å². The van der Waals surface area contributed by atoms with Gasteiger partial charge in [-0.2, -0.15) is 0 Å². The van der Waals surface area contributed by atoms with E-state index in [4.69, 9.17) is 0 Å². The van der Waals surface area contributed by atoms with E-state index in [1.807, 2.05) is 35.2 Å². The van der Waals surface area contributed by atoms with Crippen LogP contribution in [-0.2, 0) is 4.79 Å². The summed E-state index contributed by atoms with van der Waals surface area (Å²) in [5, 5.41) is 16.1. The monoisotopic (exact) mass is 390 g/mol. The molecular formula is C16H18N6O4S. The summed E-state index contributed by atoms with van der Waals surface area (Å²) >= 11 is 0.815. The van der Waals surface area contributed by atoms with Crippen LogP contribution in [0.2, 0.25) is 0 Å². The Kier molecular flexibility index (Phi) is 5.94. The number of piperazine rings is 1. The van der Waals surface area contributed by atoms with Gasteiger partial charge in [-0.15, -0.1) is 0 Å². The van der Waals surface area contributed by atoms with E-state index in [2.05, 4.69) is 15.6 Å². The van der Waals surface area contributed by atoms with Gasteiger partial charge in [0.05, 0.1) is 11.5 Å². The van der Waals surface area contributed by atoms with E-state index in [1.165, 1.54) is 0 Å². The predicted octanol–water partition coefficient (Wildman–Crippen LogP) is 1.84. The zero-order chi connectivity index (χ0) is 19.2. The molecule has 3 rings (SSSR count). The van der Waals surface area contributed by atoms with Crippen molar-refractivity contribution in [2.45, 2.75) is 0 Å². The highest BCUT2D eigenvalue weighted by Gasteiger charge is 2.23. The fourth-order valence-corrected chi connectivity index (χ4v) is 3.25. The molecule has 0 unspecified atom stereocenters. The number of rotatable bonds is 5. The van der Waals surface area contributed by atoms with Gasteiger partial charge in [0.25, 0.3) is 0 Å². The average molecular weight is 390 g/mol. The van der Waals surface area contributed by atoms with Gasteiger partial charge in [0.15, 0.2) is 5.13 Å². The minimum absolute atomic E-state index is 0.122. The molecule has 1 aliphatic heterocycles. The number of urea groups is 1. The first-order valence-electron chi connectivity index (χ1n) is 8.24. The molecule has 1 aromatic carbocycles. The van der Waals surface area contributed by atoms with Crippen molar-refractivity contribution >= 4 is 39.1 Å². The summed E-state index contributed by atoms with van der Waals surface area (Å²) in [6.45, 7) is 2.28. The molecule has 1 aromatic heterocycles. The molecule has 0 atom stereocenters. The van der Waals surface area contributed by atoms with Crippen molar-refractivity contribution in [3.63, 3.8) is 0 Å². The second kappa shape index (κ2) is 8.56. The summed E-state index contributed by atoms with van der Waals surface area (Å²) in [7, 11) is 0. The van der Waals surface area contributed by atoms with Crippen molar-refractivity contribution in [2.75, 3.05) is 43.4 Å². The summed E-state index contributed by atoms with van der Waals surface area (Å²) in [6.07, 6.45) is 1.12. The van der Waals surface area contributed by atoms with E-state index >= 15 is 0 Å². The number of aromatic nitrogens is 1. The van der Waals surface area contributed by atoms with E-state index in [-0.39, 0.29) is 28.6 Å². The number of thiazole rings is 1. The van der Waals surface area contributed by atoms with Crippen LogP contribution in [0.5, 0.6) is 0 Å². The lowest BCUT2D eigenvalue weighted by Crippen LogP contribution is -2.51. The van der Waals surface area contributed by atoms with Crippen LogP contribution in [0.15, 0.2) is 36.5 Å². The summed E-state index contributed by atoms with van der Waals surface area (Å²) < 4.78 is 0. The van der Waals surface area contributed by atoms with E-state index in [1.54, 1.807) is 4.90 Å². The van der Waals surface area contributed by atoms with Crippen LogP contribution in [0.4, 0.5) is 20.6 Å². The van der Waals surface area contributed by atoms with Crippen LogP contribution < -0.4 is 10.6 Å². The molecular weight excluding hydrogens is 372 g/mol. The molecule has 2 heterocycles. The zero-order valence-corrected chi connectivity index (χ0v) is 15.1. The van der Waals surface area contributed by atoms with Gasteiger partial charge in [-0.05, 0) is 23.5 Å². The maximum Gasteiger partial charge on any atom is 0.345 e. The third kappa shape index (κ3) is 5.21. The maximum absolute atomic E-state index is 12.2. The second-order valence-corrected chi connectivity index (χ2v) is 6.88. The topological polar surface area (TPSA) is 121 Å². The van der Waals surface area contributed by atoms with E-state index < -0.39 is 4.92 Å². The Balaban J connectivity index is 1.42. The molecule has 10 nitrogen and oxygen atoms in total. The summed E-state index contributed by atoms with van der Waals surface area (Å²) in [5.74, 6) is -0.290. The number of para-hydroxylation sites is 1. The highest BCUT2D eigenvalue weighted by molar-refractivity contribution is 7.18. The van der Waals surface area contributed by atoms with Crippen LogP contribution in [0, 0.1) is 10.1 Å². The third-order valence-corrected chi connectivity index (χ3v) is 4.84. The number of nitrogens with one attached hydrogen (secondary N) is 2. The lowest BCUT2D eigenvalue weighted by atomic mass is 10.3. The average Bonchev–Trinajstić information content (AvgIpc) is 3.12. The minimum atomic E-state index is -0.549. The number of carbonyl (C=O) groups excluding carboxylic acids is 2. The first-order chi connectivity index (χ1) is 13.0. The number of anilines is 2. The van der Waals surface area contributed by atoms with Gasteiger partial charge < -0.3 is 15.5 Å². The molecule has 0 spiro atoms. The largest absolute Gasteiger partial charge is 0.345 e. The Morgan fingerprint density at radius 1 is 1.15 bits per heavy atom. The summed E-state index contributed by atoms with van der Waals surface area (Å²) in [5.41, 5.74) is 0.738.